The number of benzene rings is 2. The number of carbonyl (C=O) groups excluding carboxylic acids is 2. The molecule has 1 unspecified atom stereocenters. The van der Waals surface area contributed by atoms with Crippen LogP contribution in [0.15, 0.2) is 42.5 Å². The van der Waals surface area contributed by atoms with Gasteiger partial charge in [0.1, 0.15) is 10.8 Å². The van der Waals surface area contributed by atoms with E-state index in [0.717, 1.165) is 0 Å². The topological polar surface area (TPSA) is 75.2 Å². The van der Waals surface area contributed by atoms with Gasteiger partial charge in [0.05, 0.1) is 10.6 Å². The molecular weight excluding hydrogens is 438 g/mol. The number of rotatable bonds is 4. The largest absolute Gasteiger partial charge is 0.312 e. The fraction of sp³-hybridized carbons (Fsp3) is 0.158. The van der Waals surface area contributed by atoms with Crippen LogP contribution in [-0.2, 0) is 4.79 Å². The Morgan fingerprint density at radius 2 is 1.93 bits per heavy atom. The Hall–Kier alpha value is -2.55. The van der Waals surface area contributed by atoms with Gasteiger partial charge in [0.2, 0.25) is 11.0 Å². The molecule has 4 rings (SSSR count). The standard InChI is InChI=1S/C19H13Cl2FN4O2S/c20-11-1-6-15(21)14(8-11)17(28)23-19-25-24-18(29-19)10-7-16(27)26(9-10)13-4-2-12(22)3-5-13/h1-6,8,10H,7,9H2,(H,23,25,28). The molecule has 0 saturated carbocycles. The average molecular weight is 451 g/mol. The lowest BCUT2D eigenvalue weighted by Gasteiger charge is -2.16. The molecule has 0 bridgehead atoms. The summed E-state index contributed by atoms with van der Waals surface area (Å²) in [4.78, 5) is 26.4. The number of halogens is 3. The lowest BCUT2D eigenvalue weighted by Crippen LogP contribution is -2.24. The van der Waals surface area contributed by atoms with Crippen LogP contribution in [-0.4, -0.2) is 28.6 Å². The molecule has 1 saturated heterocycles. The van der Waals surface area contributed by atoms with Crippen LogP contribution in [0.2, 0.25) is 10.0 Å². The number of carbonyl (C=O) groups is 2. The first kappa shape index (κ1) is 19.8. The number of hydrogen-bond acceptors (Lipinski definition) is 5. The van der Waals surface area contributed by atoms with E-state index in [4.69, 9.17) is 23.2 Å². The van der Waals surface area contributed by atoms with E-state index in [-0.39, 0.29) is 34.6 Å². The third-order valence-electron chi connectivity index (χ3n) is 4.45. The van der Waals surface area contributed by atoms with Gasteiger partial charge in [0.25, 0.3) is 5.91 Å². The summed E-state index contributed by atoms with van der Waals surface area (Å²) in [5.74, 6) is -1.05. The monoisotopic (exact) mass is 450 g/mol. The Morgan fingerprint density at radius 1 is 1.17 bits per heavy atom. The SMILES string of the molecule is O=C(Nc1nnc(C2CC(=O)N(c3ccc(F)cc3)C2)s1)c1cc(Cl)ccc1Cl. The molecule has 3 aromatic rings. The van der Waals surface area contributed by atoms with E-state index in [0.29, 0.717) is 27.4 Å². The second kappa shape index (κ2) is 8.06. The fourth-order valence-electron chi connectivity index (χ4n) is 3.03. The smallest absolute Gasteiger partial charge is 0.259 e. The summed E-state index contributed by atoms with van der Waals surface area (Å²) in [6.45, 7) is 0.410. The first-order valence-electron chi connectivity index (χ1n) is 8.56. The van der Waals surface area contributed by atoms with Crippen molar-refractivity contribution in [2.24, 2.45) is 0 Å². The summed E-state index contributed by atoms with van der Waals surface area (Å²) >= 11 is 13.2. The maximum atomic E-state index is 13.1. The molecule has 0 radical (unpaired) electrons. The van der Waals surface area contributed by atoms with E-state index in [2.05, 4.69) is 15.5 Å². The normalized spacial score (nSPS) is 16.3. The van der Waals surface area contributed by atoms with Crippen LogP contribution in [0.25, 0.3) is 0 Å². The fourth-order valence-corrected chi connectivity index (χ4v) is 4.23. The van der Waals surface area contributed by atoms with Crippen molar-refractivity contribution in [2.45, 2.75) is 12.3 Å². The van der Waals surface area contributed by atoms with Crippen LogP contribution in [0, 0.1) is 5.82 Å². The van der Waals surface area contributed by atoms with Crippen molar-refractivity contribution in [1.29, 1.82) is 0 Å². The lowest BCUT2D eigenvalue weighted by atomic mass is 10.1. The predicted octanol–water partition coefficient (Wildman–Crippen LogP) is 4.76. The van der Waals surface area contributed by atoms with Crippen LogP contribution in [0.5, 0.6) is 0 Å². The second-order valence-corrected chi connectivity index (χ2v) is 8.26. The highest BCUT2D eigenvalue weighted by molar-refractivity contribution is 7.15. The van der Waals surface area contributed by atoms with Crippen LogP contribution >= 0.6 is 34.5 Å². The van der Waals surface area contributed by atoms with E-state index < -0.39 is 5.91 Å². The van der Waals surface area contributed by atoms with Crippen molar-refractivity contribution < 1.29 is 14.0 Å². The molecule has 29 heavy (non-hydrogen) atoms. The molecule has 1 aromatic heterocycles. The molecule has 1 atom stereocenters. The highest BCUT2D eigenvalue weighted by Crippen LogP contribution is 2.34. The minimum Gasteiger partial charge on any atom is -0.312 e. The number of aromatic nitrogens is 2. The molecule has 2 amide bonds. The minimum absolute atomic E-state index is 0.0758. The predicted molar refractivity (Wildman–Crippen MR) is 110 cm³/mol. The molecule has 1 aliphatic heterocycles. The first-order chi connectivity index (χ1) is 13.9. The summed E-state index contributed by atoms with van der Waals surface area (Å²) in [7, 11) is 0. The molecule has 10 heteroatoms. The Balaban J connectivity index is 1.46. The van der Waals surface area contributed by atoms with Gasteiger partial charge in [-0.15, -0.1) is 10.2 Å². The number of nitrogens with one attached hydrogen (secondary N) is 1. The maximum Gasteiger partial charge on any atom is 0.259 e. The maximum absolute atomic E-state index is 13.1. The molecule has 0 aliphatic carbocycles. The van der Waals surface area contributed by atoms with Crippen LogP contribution < -0.4 is 10.2 Å². The molecule has 6 nitrogen and oxygen atoms in total. The Labute approximate surface area is 179 Å². The number of anilines is 2. The summed E-state index contributed by atoms with van der Waals surface area (Å²) in [5, 5.41) is 12.4. The van der Waals surface area contributed by atoms with Crippen molar-refractivity contribution in [1.82, 2.24) is 10.2 Å². The summed E-state index contributed by atoms with van der Waals surface area (Å²) in [6.07, 6.45) is 0.264. The molecule has 1 aliphatic rings. The van der Waals surface area contributed by atoms with E-state index in [9.17, 15) is 14.0 Å². The van der Waals surface area contributed by atoms with Gasteiger partial charge in [-0.3, -0.25) is 14.9 Å². The third-order valence-corrected chi connectivity index (χ3v) is 6.01. The van der Waals surface area contributed by atoms with Gasteiger partial charge in [-0.1, -0.05) is 34.5 Å². The van der Waals surface area contributed by atoms with Crippen LogP contribution in [0.3, 0.4) is 0 Å². The number of hydrogen-bond donors (Lipinski definition) is 1. The first-order valence-corrected chi connectivity index (χ1v) is 10.1. The van der Waals surface area contributed by atoms with Crippen molar-refractivity contribution in [3.05, 3.63) is 68.9 Å². The van der Waals surface area contributed by atoms with E-state index in [1.807, 2.05) is 0 Å². The molecule has 148 valence electrons. The van der Waals surface area contributed by atoms with Crippen molar-refractivity contribution >= 4 is 57.2 Å². The summed E-state index contributed by atoms with van der Waals surface area (Å²) < 4.78 is 13.1. The Bertz CT molecular complexity index is 1090. The molecule has 0 spiro atoms. The molecule has 2 heterocycles. The Kier molecular flexibility index (Phi) is 5.49. The van der Waals surface area contributed by atoms with E-state index >= 15 is 0 Å². The van der Waals surface area contributed by atoms with Gasteiger partial charge in [-0.2, -0.15) is 0 Å². The zero-order valence-electron chi connectivity index (χ0n) is 14.7. The molecule has 1 fully saturated rings. The van der Waals surface area contributed by atoms with Crippen molar-refractivity contribution in [2.75, 3.05) is 16.8 Å². The van der Waals surface area contributed by atoms with Crippen molar-refractivity contribution in [3.63, 3.8) is 0 Å². The zero-order chi connectivity index (χ0) is 20.5. The van der Waals surface area contributed by atoms with Gasteiger partial charge < -0.3 is 4.90 Å². The van der Waals surface area contributed by atoms with Gasteiger partial charge in [0.15, 0.2) is 0 Å². The Morgan fingerprint density at radius 3 is 2.69 bits per heavy atom. The van der Waals surface area contributed by atoms with E-state index in [1.54, 1.807) is 29.2 Å². The third kappa shape index (κ3) is 4.24. The number of amides is 2. The molecule has 1 N–H and O–H groups in total. The quantitative estimate of drug-likeness (QED) is 0.621. The lowest BCUT2D eigenvalue weighted by molar-refractivity contribution is -0.117. The van der Waals surface area contributed by atoms with Gasteiger partial charge in [0, 0.05) is 29.6 Å². The molecule has 2 aromatic carbocycles. The highest BCUT2D eigenvalue weighted by Gasteiger charge is 2.34. The average Bonchev–Trinajstić information content (AvgIpc) is 3.31. The summed E-state index contributed by atoms with van der Waals surface area (Å²) in [5.41, 5.74) is 0.863. The van der Waals surface area contributed by atoms with Crippen LogP contribution in [0.4, 0.5) is 15.2 Å². The van der Waals surface area contributed by atoms with Crippen LogP contribution in [0.1, 0.15) is 27.7 Å². The van der Waals surface area contributed by atoms with Crippen molar-refractivity contribution in [3.8, 4) is 0 Å². The summed E-state index contributed by atoms with van der Waals surface area (Å²) in [6, 6.07) is 10.4. The van der Waals surface area contributed by atoms with E-state index in [1.165, 1.54) is 29.5 Å². The second-order valence-electron chi connectivity index (χ2n) is 6.41. The van der Waals surface area contributed by atoms with Gasteiger partial charge in [-0.05, 0) is 42.5 Å². The number of nitrogens with zero attached hydrogens (tertiary/aromatic N) is 3. The van der Waals surface area contributed by atoms with Gasteiger partial charge in [-0.25, -0.2) is 4.39 Å². The minimum atomic E-state index is -0.448. The highest BCUT2D eigenvalue weighted by atomic mass is 35.5. The van der Waals surface area contributed by atoms with Gasteiger partial charge >= 0.3 is 0 Å². The zero-order valence-corrected chi connectivity index (χ0v) is 17.1. The molecular formula is C19H13Cl2FN4O2S.